The third kappa shape index (κ3) is 7.47. The standard InChI is InChI=1S/C23H30N6O2.HI/c1-5-17(3)30-20-14-16(2)9-10-18(20)15-27-23(24-4)26-13-11-21-28-22(31-29-21)19-8-6-7-12-25-19;/h6-10,12,14,17H,5,11,13,15H2,1-4H3,(H2,24,26,27);1H. The second-order valence-corrected chi connectivity index (χ2v) is 7.28. The van der Waals surface area contributed by atoms with Gasteiger partial charge in [-0.05, 0) is 44.0 Å². The first-order chi connectivity index (χ1) is 15.1. The van der Waals surface area contributed by atoms with E-state index in [1.54, 1.807) is 13.2 Å². The molecule has 3 aromatic rings. The molecule has 172 valence electrons. The largest absolute Gasteiger partial charge is 0.490 e. The number of nitrogens with zero attached hydrogens (tertiary/aromatic N) is 4. The van der Waals surface area contributed by atoms with Crippen LogP contribution in [0.25, 0.3) is 11.6 Å². The Labute approximate surface area is 206 Å². The molecule has 0 aliphatic rings. The normalized spacial score (nSPS) is 12.1. The highest BCUT2D eigenvalue weighted by Crippen LogP contribution is 2.22. The van der Waals surface area contributed by atoms with Crippen LogP contribution in [-0.2, 0) is 13.0 Å². The molecule has 0 spiro atoms. The molecule has 1 aromatic carbocycles. The topological polar surface area (TPSA) is 97.5 Å². The highest BCUT2D eigenvalue weighted by Gasteiger charge is 2.11. The summed E-state index contributed by atoms with van der Waals surface area (Å²) < 4.78 is 11.4. The van der Waals surface area contributed by atoms with Crippen LogP contribution in [0.2, 0.25) is 0 Å². The molecule has 0 fully saturated rings. The molecule has 3 rings (SSSR count). The molecule has 32 heavy (non-hydrogen) atoms. The minimum atomic E-state index is 0. The number of nitrogens with one attached hydrogen (secondary N) is 2. The zero-order chi connectivity index (χ0) is 22.1. The molecule has 2 heterocycles. The van der Waals surface area contributed by atoms with E-state index in [9.17, 15) is 0 Å². The average molecular weight is 550 g/mol. The first-order valence-electron chi connectivity index (χ1n) is 10.5. The fraction of sp³-hybridized carbons (Fsp3) is 0.391. The first kappa shape index (κ1) is 25.6. The summed E-state index contributed by atoms with van der Waals surface area (Å²) in [4.78, 5) is 12.9. The Balaban J connectivity index is 0.00000363. The third-order valence-corrected chi connectivity index (χ3v) is 4.79. The minimum absolute atomic E-state index is 0. The Morgan fingerprint density at radius 2 is 2.06 bits per heavy atom. The van der Waals surface area contributed by atoms with Crippen LogP contribution in [0.15, 0.2) is 52.1 Å². The highest BCUT2D eigenvalue weighted by molar-refractivity contribution is 14.0. The number of aliphatic imine (C=N–C) groups is 1. The lowest BCUT2D eigenvalue weighted by molar-refractivity contribution is 0.215. The monoisotopic (exact) mass is 550 g/mol. The maximum Gasteiger partial charge on any atom is 0.276 e. The van der Waals surface area contributed by atoms with Gasteiger partial charge in [-0.15, -0.1) is 24.0 Å². The summed E-state index contributed by atoms with van der Waals surface area (Å²) in [5.74, 6) is 2.65. The molecule has 1 unspecified atom stereocenters. The van der Waals surface area contributed by atoms with Gasteiger partial charge in [0.25, 0.3) is 5.89 Å². The lowest BCUT2D eigenvalue weighted by atomic mass is 10.1. The van der Waals surface area contributed by atoms with Gasteiger partial charge in [0.1, 0.15) is 11.4 Å². The number of pyridine rings is 1. The van der Waals surface area contributed by atoms with Gasteiger partial charge in [0.15, 0.2) is 11.8 Å². The number of hydrogen-bond donors (Lipinski definition) is 2. The fourth-order valence-electron chi connectivity index (χ4n) is 2.86. The van der Waals surface area contributed by atoms with Crippen molar-refractivity contribution < 1.29 is 9.26 Å². The van der Waals surface area contributed by atoms with E-state index < -0.39 is 0 Å². The molecule has 8 nitrogen and oxygen atoms in total. The molecule has 1 atom stereocenters. The van der Waals surface area contributed by atoms with Crippen molar-refractivity contribution in [1.29, 1.82) is 0 Å². The van der Waals surface area contributed by atoms with E-state index >= 15 is 0 Å². The van der Waals surface area contributed by atoms with Gasteiger partial charge in [-0.25, -0.2) is 0 Å². The SMILES string of the molecule is CCC(C)Oc1cc(C)ccc1CNC(=NC)NCCc1noc(-c2ccccn2)n1.I. The van der Waals surface area contributed by atoms with Crippen LogP contribution in [0.5, 0.6) is 5.75 Å². The number of benzene rings is 1. The summed E-state index contributed by atoms with van der Waals surface area (Å²) in [7, 11) is 1.74. The van der Waals surface area contributed by atoms with Crippen molar-refractivity contribution >= 4 is 29.9 Å². The van der Waals surface area contributed by atoms with E-state index in [2.05, 4.69) is 69.7 Å². The van der Waals surface area contributed by atoms with E-state index in [-0.39, 0.29) is 30.1 Å². The third-order valence-electron chi connectivity index (χ3n) is 4.79. The highest BCUT2D eigenvalue weighted by atomic mass is 127. The molecule has 2 N–H and O–H groups in total. The smallest absolute Gasteiger partial charge is 0.276 e. The average Bonchev–Trinajstić information content (AvgIpc) is 3.26. The van der Waals surface area contributed by atoms with Gasteiger partial charge in [-0.3, -0.25) is 9.98 Å². The number of aryl methyl sites for hydroxylation is 1. The Hall–Kier alpha value is -2.69. The van der Waals surface area contributed by atoms with Crippen LogP contribution in [0, 0.1) is 6.92 Å². The Morgan fingerprint density at radius 1 is 1.22 bits per heavy atom. The zero-order valence-electron chi connectivity index (χ0n) is 19.0. The fourth-order valence-corrected chi connectivity index (χ4v) is 2.86. The molecule has 0 aliphatic carbocycles. The van der Waals surface area contributed by atoms with Crippen LogP contribution in [-0.4, -0.2) is 40.8 Å². The summed E-state index contributed by atoms with van der Waals surface area (Å²) in [5.41, 5.74) is 2.93. The van der Waals surface area contributed by atoms with Crippen LogP contribution < -0.4 is 15.4 Å². The van der Waals surface area contributed by atoms with Gasteiger partial charge < -0.3 is 19.9 Å². The quantitative estimate of drug-likeness (QED) is 0.235. The minimum Gasteiger partial charge on any atom is -0.490 e. The molecular weight excluding hydrogens is 519 g/mol. The molecule has 0 bridgehead atoms. The summed E-state index contributed by atoms with van der Waals surface area (Å²) in [6.45, 7) is 7.49. The maximum atomic E-state index is 6.09. The maximum absolute atomic E-state index is 6.09. The summed E-state index contributed by atoms with van der Waals surface area (Å²) in [6, 6.07) is 11.8. The molecule has 0 saturated carbocycles. The van der Waals surface area contributed by atoms with Gasteiger partial charge in [-0.1, -0.05) is 30.3 Å². The molecule has 0 amide bonds. The molecule has 2 aromatic heterocycles. The summed E-state index contributed by atoms with van der Waals surface area (Å²) >= 11 is 0. The predicted molar refractivity (Wildman–Crippen MR) is 136 cm³/mol. The van der Waals surface area contributed by atoms with E-state index in [0.29, 0.717) is 42.9 Å². The number of rotatable bonds is 9. The van der Waals surface area contributed by atoms with Gasteiger partial charge >= 0.3 is 0 Å². The van der Waals surface area contributed by atoms with Crippen molar-refractivity contribution in [3.05, 3.63) is 59.5 Å². The first-order valence-corrected chi connectivity index (χ1v) is 10.5. The second-order valence-electron chi connectivity index (χ2n) is 7.28. The van der Waals surface area contributed by atoms with Crippen molar-refractivity contribution in [2.75, 3.05) is 13.6 Å². The molecule has 0 aliphatic heterocycles. The Kier molecular flexibility index (Phi) is 10.4. The number of hydrogen-bond acceptors (Lipinski definition) is 6. The van der Waals surface area contributed by atoms with Crippen LogP contribution >= 0.6 is 24.0 Å². The van der Waals surface area contributed by atoms with E-state index in [4.69, 9.17) is 9.26 Å². The summed E-state index contributed by atoms with van der Waals surface area (Å²) in [6.07, 6.45) is 3.43. The number of ether oxygens (including phenoxy) is 1. The van der Waals surface area contributed by atoms with Crippen molar-refractivity contribution in [3.63, 3.8) is 0 Å². The Bertz CT molecular complexity index is 993. The van der Waals surface area contributed by atoms with Gasteiger partial charge in [-0.2, -0.15) is 4.98 Å². The van der Waals surface area contributed by atoms with Crippen molar-refractivity contribution in [3.8, 4) is 17.3 Å². The number of halogens is 1. The number of aromatic nitrogens is 3. The molecule has 0 saturated heterocycles. The van der Waals surface area contributed by atoms with E-state index in [1.165, 1.54) is 5.56 Å². The van der Waals surface area contributed by atoms with E-state index in [1.807, 2.05) is 18.2 Å². The predicted octanol–water partition coefficient (Wildman–Crippen LogP) is 4.14. The van der Waals surface area contributed by atoms with Crippen molar-refractivity contribution in [1.82, 2.24) is 25.8 Å². The molecular formula is C23H31IN6O2. The second kappa shape index (κ2) is 13.0. The van der Waals surface area contributed by atoms with Crippen LogP contribution in [0.3, 0.4) is 0 Å². The molecule has 9 heteroatoms. The van der Waals surface area contributed by atoms with Crippen LogP contribution in [0.4, 0.5) is 0 Å². The van der Waals surface area contributed by atoms with Crippen molar-refractivity contribution in [2.24, 2.45) is 4.99 Å². The van der Waals surface area contributed by atoms with Crippen LogP contribution in [0.1, 0.15) is 37.2 Å². The van der Waals surface area contributed by atoms with E-state index in [0.717, 1.165) is 17.7 Å². The van der Waals surface area contributed by atoms with Gasteiger partial charge in [0, 0.05) is 38.3 Å². The number of guanidine groups is 1. The zero-order valence-corrected chi connectivity index (χ0v) is 21.3. The van der Waals surface area contributed by atoms with Crippen molar-refractivity contribution in [2.45, 2.75) is 46.3 Å². The van der Waals surface area contributed by atoms with Gasteiger partial charge in [0.2, 0.25) is 0 Å². The Morgan fingerprint density at radius 3 is 2.78 bits per heavy atom. The lowest BCUT2D eigenvalue weighted by Gasteiger charge is -2.18. The lowest BCUT2D eigenvalue weighted by Crippen LogP contribution is -2.38. The molecule has 0 radical (unpaired) electrons. The van der Waals surface area contributed by atoms with Gasteiger partial charge in [0.05, 0.1) is 6.10 Å². The summed E-state index contributed by atoms with van der Waals surface area (Å²) in [5, 5.41) is 10.6.